The normalized spacial score (nSPS) is 11.2. The molecule has 0 radical (unpaired) electrons. The van der Waals surface area contributed by atoms with Crippen molar-refractivity contribution in [3.05, 3.63) is 64.1 Å². The molecule has 0 unspecified atom stereocenters. The van der Waals surface area contributed by atoms with E-state index in [2.05, 4.69) is 10.0 Å². The molecule has 8 heteroatoms. The van der Waals surface area contributed by atoms with Gasteiger partial charge in [-0.3, -0.25) is 4.79 Å². The second kappa shape index (κ2) is 8.48. The summed E-state index contributed by atoms with van der Waals surface area (Å²) in [6.07, 6.45) is 0.662. The molecule has 0 aromatic heterocycles. The molecular weight excluding hydrogens is 371 g/mol. The average Bonchev–Trinajstić information content (AvgIpc) is 2.54. The smallest absolute Gasteiger partial charge is 0.244 e. The number of rotatable bonds is 7. The van der Waals surface area contributed by atoms with E-state index < -0.39 is 22.5 Å². The molecule has 2 aromatic rings. The molecule has 2 rings (SSSR count). The van der Waals surface area contributed by atoms with Crippen molar-refractivity contribution in [1.29, 1.82) is 0 Å². The summed E-state index contributed by atoms with van der Waals surface area (Å²) in [5.74, 6) is -0.433. The number of halogens is 2. The van der Waals surface area contributed by atoms with Gasteiger partial charge < -0.3 is 5.32 Å². The molecule has 0 spiro atoms. The highest BCUT2D eigenvalue weighted by Crippen LogP contribution is 2.28. The van der Waals surface area contributed by atoms with Crippen molar-refractivity contribution in [1.82, 2.24) is 10.0 Å². The van der Waals surface area contributed by atoms with Crippen LogP contribution in [0.4, 0.5) is 0 Å². The van der Waals surface area contributed by atoms with E-state index in [9.17, 15) is 13.2 Å². The Morgan fingerprint density at radius 3 is 2.21 bits per heavy atom. The molecule has 0 aliphatic heterocycles. The van der Waals surface area contributed by atoms with Gasteiger partial charge in [-0.25, -0.2) is 13.1 Å². The van der Waals surface area contributed by atoms with Crippen LogP contribution in [0.15, 0.2) is 53.4 Å². The lowest BCUT2D eigenvalue weighted by Crippen LogP contribution is -2.37. The van der Waals surface area contributed by atoms with Crippen LogP contribution in [-0.2, 0) is 21.2 Å². The summed E-state index contributed by atoms with van der Waals surface area (Å²) in [5.41, 5.74) is 1.08. The van der Waals surface area contributed by atoms with E-state index in [1.807, 2.05) is 30.3 Å². The summed E-state index contributed by atoms with van der Waals surface area (Å²) in [6.45, 7) is 0.0239. The highest BCUT2D eigenvalue weighted by molar-refractivity contribution is 7.89. The van der Waals surface area contributed by atoms with Gasteiger partial charge in [0.15, 0.2) is 0 Å². The highest BCUT2D eigenvalue weighted by atomic mass is 35.5. The molecule has 0 atom stereocenters. The zero-order valence-corrected chi connectivity index (χ0v) is 15.0. The third-order valence-electron chi connectivity index (χ3n) is 3.19. The minimum atomic E-state index is -3.97. The first-order valence-corrected chi connectivity index (χ1v) is 9.38. The topological polar surface area (TPSA) is 75.3 Å². The predicted octanol–water partition coefficient (Wildman–Crippen LogP) is 2.63. The van der Waals surface area contributed by atoms with Crippen LogP contribution in [0.2, 0.25) is 10.0 Å². The highest BCUT2D eigenvalue weighted by Gasteiger charge is 2.22. The fourth-order valence-electron chi connectivity index (χ4n) is 2.03. The van der Waals surface area contributed by atoms with E-state index in [0.717, 1.165) is 5.56 Å². The third kappa shape index (κ3) is 5.21. The van der Waals surface area contributed by atoms with Crippen LogP contribution < -0.4 is 10.0 Å². The minimum absolute atomic E-state index is 0.000476. The van der Waals surface area contributed by atoms with Gasteiger partial charge in [0, 0.05) is 6.54 Å². The first-order valence-electron chi connectivity index (χ1n) is 7.14. The van der Waals surface area contributed by atoms with Gasteiger partial charge >= 0.3 is 0 Å². The van der Waals surface area contributed by atoms with E-state index in [1.54, 1.807) is 6.07 Å². The SMILES string of the molecule is O=C(CNS(=O)(=O)c1c(Cl)cccc1Cl)NCCc1ccccc1. The Hall–Kier alpha value is -1.60. The van der Waals surface area contributed by atoms with Gasteiger partial charge in [0.05, 0.1) is 16.6 Å². The van der Waals surface area contributed by atoms with Crippen molar-refractivity contribution in [2.75, 3.05) is 13.1 Å². The summed E-state index contributed by atoms with van der Waals surface area (Å²) in [7, 11) is -3.97. The summed E-state index contributed by atoms with van der Waals surface area (Å²) in [4.78, 5) is 11.5. The Labute approximate surface area is 151 Å². The quantitative estimate of drug-likeness (QED) is 0.767. The maximum absolute atomic E-state index is 12.2. The van der Waals surface area contributed by atoms with Crippen LogP contribution in [0.1, 0.15) is 5.56 Å². The van der Waals surface area contributed by atoms with Gasteiger partial charge in [0.2, 0.25) is 15.9 Å². The van der Waals surface area contributed by atoms with Gasteiger partial charge in [0.25, 0.3) is 0 Å². The summed E-state index contributed by atoms with van der Waals surface area (Å²) >= 11 is 11.8. The zero-order chi connectivity index (χ0) is 17.6. The molecule has 128 valence electrons. The molecule has 0 saturated heterocycles. The van der Waals surface area contributed by atoms with E-state index in [-0.39, 0.29) is 14.9 Å². The third-order valence-corrected chi connectivity index (χ3v) is 5.54. The lowest BCUT2D eigenvalue weighted by molar-refractivity contribution is -0.119. The minimum Gasteiger partial charge on any atom is -0.355 e. The maximum atomic E-state index is 12.2. The number of carbonyl (C=O) groups excluding carboxylic acids is 1. The molecule has 0 aliphatic carbocycles. The maximum Gasteiger partial charge on any atom is 0.244 e. The van der Waals surface area contributed by atoms with Crippen LogP contribution in [-0.4, -0.2) is 27.4 Å². The molecule has 0 fully saturated rings. The van der Waals surface area contributed by atoms with Crippen LogP contribution in [0, 0.1) is 0 Å². The number of sulfonamides is 1. The summed E-state index contributed by atoms with van der Waals surface area (Å²) in [5, 5.41) is 2.65. The molecule has 2 aromatic carbocycles. The summed E-state index contributed by atoms with van der Waals surface area (Å²) < 4.78 is 26.6. The number of amides is 1. The van der Waals surface area contributed by atoms with E-state index in [1.165, 1.54) is 12.1 Å². The number of carbonyl (C=O) groups is 1. The van der Waals surface area contributed by atoms with Crippen molar-refractivity contribution in [2.24, 2.45) is 0 Å². The molecule has 1 amide bonds. The van der Waals surface area contributed by atoms with Gasteiger partial charge in [-0.2, -0.15) is 0 Å². The lowest BCUT2D eigenvalue weighted by atomic mass is 10.1. The van der Waals surface area contributed by atoms with Crippen molar-refractivity contribution >= 4 is 39.1 Å². The lowest BCUT2D eigenvalue weighted by Gasteiger charge is -2.10. The second-order valence-corrected chi connectivity index (χ2v) is 7.48. The van der Waals surface area contributed by atoms with Gasteiger partial charge in [0.1, 0.15) is 4.90 Å². The fourth-order valence-corrected chi connectivity index (χ4v) is 4.15. The molecule has 5 nitrogen and oxygen atoms in total. The van der Waals surface area contributed by atoms with Gasteiger partial charge in [-0.15, -0.1) is 0 Å². The van der Waals surface area contributed by atoms with Crippen molar-refractivity contribution in [3.8, 4) is 0 Å². The van der Waals surface area contributed by atoms with Crippen LogP contribution in [0.3, 0.4) is 0 Å². The van der Waals surface area contributed by atoms with Crippen molar-refractivity contribution in [2.45, 2.75) is 11.3 Å². The average molecular weight is 387 g/mol. The number of hydrogen-bond donors (Lipinski definition) is 2. The Balaban J connectivity index is 1.87. The number of hydrogen-bond acceptors (Lipinski definition) is 3. The Morgan fingerprint density at radius 1 is 0.958 bits per heavy atom. The van der Waals surface area contributed by atoms with Gasteiger partial charge in [-0.1, -0.05) is 59.6 Å². The molecule has 0 bridgehead atoms. The second-order valence-electron chi connectivity index (χ2n) is 4.96. The largest absolute Gasteiger partial charge is 0.355 e. The Bertz CT molecular complexity index is 791. The number of nitrogens with one attached hydrogen (secondary N) is 2. The van der Waals surface area contributed by atoms with Crippen LogP contribution in [0.5, 0.6) is 0 Å². The zero-order valence-electron chi connectivity index (χ0n) is 12.6. The molecule has 0 heterocycles. The molecular formula is C16H16Cl2N2O3S. The van der Waals surface area contributed by atoms with Crippen LogP contribution >= 0.6 is 23.2 Å². The molecule has 0 saturated carbocycles. The van der Waals surface area contributed by atoms with E-state index in [4.69, 9.17) is 23.2 Å². The standard InChI is InChI=1S/C16H16Cl2N2O3S/c17-13-7-4-8-14(18)16(13)24(22,23)20-11-15(21)19-10-9-12-5-2-1-3-6-12/h1-8,20H,9-11H2,(H,19,21). The van der Waals surface area contributed by atoms with Crippen molar-refractivity contribution in [3.63, 3.8) is 0 Å². The molecule has 24 heavy (non-hydrogen) atoms. The van der Waals surface area contributed by atoms with E-state index >= 15 is 0 Å². The monoisotopic (exact) mass is 386 g/mol. The molecule has 2 N–H and O–H groups in total. The first kappa shape index (κ1) is 18.7. The fraction of sp³-hybridized carbons (Fsp3) is 0.188. The molecule has 0 aliphatic rings. The van der Waals surface area contributed by atoms with Crippen molar-refractivity contribution < 1.29 is 13.2 Å². The Morgan fingerprint density at radius 2 is 1.58 bits per heavy atom. The predicted molar refractivity (Wildman–Crippen MR) is 94.8 cm³/mol. The van der Waals surface area contributed by atoms with Gasteiger partial charge in [-0.05, 0) is 24.1 Å². The van der Waals surface area contributed by atoms with Crippen LogP contribution in [0.25, 0.3) is 0 Å². The summed E-state index contributed by atoms with van der Waals surface area (Å²) in [6, 6.07) is 14.0. The first-order chi connectivity index (χ1) is 11.4. The number of benzene rings is 2. The van der Waals surface area contributed by atoms with E-state index in [0.29, 0.717) is 13.0 Å². The Kier molecular flexibility index (Phi) is 6.62.